The average molecular weight is 286 g/mol. The van der Waals surface area contributed by atoms with Crippen LogP contribution in [0.15, 0.2) is 24.3 Å². The molecule has 0 spiro atoms. The molecular weight excluding hydrogens is 260 g/mol. The van der Waals surface area contributed by atoms with Gasteiger partial charge in [-0.3, -0.25) is 4.79 Å². The molecule has 0 radical (unpaired) electrons. The van der Waals surface area contributed by atoms with E-state index < -0.39 is 0 Å². The first kappa shape index (κ1) is 14.6. The number of amides is 1. The molecule has 1 atom stereocenters. The quantitative estimate of drug-likeness (QED) is 0.892. The molecule has 114 valence electrons. The van der Waals surface area contributed by atoms with Gasteiger partial charge < -0.3 is 10.6 Å². The molecule has 3 nitrogen and oxygen atoms in total. The zero-order valence-corrected chi connectivity index (χ0v) is 13.0. The number of hydrogen-bond acceptors (Lipinski definition) is 2. The van der Waals surface area contributed by atoms with Gasteiger partial charge in [-0.25, -0.2) is 0 Å². The number of nitrogens with one attached hydrogen (secondary N) is 2. The second-order valence-electron chi connectivity index (χ2n) is 6.66. The molecular formula is C18H26N2O. The Morgan fingerprint density at radius 1 is 1.33 bits per heavy atom. The first-order valence-corrected chi connectivity index (χ1v) is 8.32. The Hall–Kier alpha value is -1.35. The van der Waals surface area contributed by atoms with Crippen LogP contribution in [0.5, 0.6) is 0 Å². The summed E-state index contributed by atoms with van der Waals surface area (Å²) in [6.07, 6.45) is 6.16. The third-order valence-electron chi connectivity index (χ3n) is 5.07. The van der Waals surface area contributed by atoms with Crippen LogP contribution < -0.4 is 10.6 Å². The van der Waals surface area contributed by atoms with Crippen molar-refractivity contribution in [2.24, 2.45) is 5.41 Å². The molecule has 1 unspecified atom stereocenters. The van der Waals surface area contributed by atoms with Crippen LogP contribution in [0.3, 0.4) is 0 Å². The fraction of sp³-hybridized carbons (Fsp3) is 0.611. The Balaban J connectivity index is 1.66. The van der Waals surface area contributed by atoms with Gasteiger partial charge in [-0.05, 0) is 49.8 Å². The highest BCUT2D eigenvalue weighted by molar-refractivity contribution is 5.83. The number of rotatable bonds is 4. The van der Waals surface area contributed by atoms with Gasteiger partial charge in [0.1, 0.15) is 0 Å². The zero-order valence-electron chi connectivity index (χ0n) is 13.0. The molecule has 2 aliphatic rings. The van der Waals surface area contributed by atoms with E-state index in [1.54, 1.807) is 0 Å². The van der Waals surface area contributed by atoms with Crippen molar-refractivity contribution in [1.82, 2.24) is 10.6 Å². The van der Waals surface area contributed by atoms with Crippen molar-refractivity contribution in [3.63, 3.8) is 0 Å². The van der Waals surface area contributed by atoms with Crippen LogP contribution in [0, 0.1) is 5.41 Å². The number of carbonyl (C=O) groups is 1. The molecule has 2 N–H and O–H groups in total. The maximum atomic E-state index is 12.9. The van der Waals surface area contributed by atoms with Gasteiger partial charge >= 0.3 is 0 Å². The molecule has 1 heterocycles. The standard InChI is InChI=1S/C18H26N2O/c1-2-8-18(9-5-10-19-13-18)17(21)20-16-11-14-6-3-4-7-15(14)12-16/h3-4,6-7,16,19H,2,5,8-13H2,1H3,(H,20,21). The number of piperidine rings is 1. The normalized spacial score (nSPS) is 25.6. The monoisotopic (exact) mass is 286 g/mol. The zero-order chi connectivity index (χ0) is 14.7. The molecule has 1 aromatic carbocycles. The topological polar surface area (TPSA) is 41.1 Å². The van der Waals surface area contributed by atoms with Gasteiger partial charge in [0.25, 0.3) is 0 Å². The van der Waals surface area contributed by atoms with Crippen molar-refractivity contribution in [1.29, 1.82) is 0 Å². The molecule has 1 amide bonds. The van der Waals surface area contributed by atoms with Crippen molar-refractivity contribution in [2.45, 2.75) is 51.5 Å². The van der Waals surface area contributed by atoms with Crippen LogP contribution in [0.2, 0.25) is 0 Å². The number of benzene rings is 1. The lowest BCUT2D eigenvalue weighted by molar-refractivity contribution is -0.133. The highest BCUT2D eigenvalue weighted by atomic mass is 16.2. The third kappa shape index (κ3) is 2.98. The summed E-state index contributed by atoms with van der Waals surface area (Å²) < 4.78 is 0. The van der Waals surface area contributed by atoms with Crippen molar-refractivity contribution in [2.75, 3.05) is 13.1 Å². The van der Waals surface area contributed by atoms with Crippen LogP contribution in [0.1, 0.15) is 43.7 Å². The minimum absolute atomic E-state index is 0.179. The predicted octanol–water partition coefficient (Wildman–Crippen LogP) is 2.44. The molecule has 3 heteroatoms. The smallest absolute Gasteiger partial charge is 0.227 e. The minimum atomic E-state index is -0.179. The molecule has 0 bridgehead atoms. The van der Waals surface area contributed by atoms with Crippen LogP contribution >= 0.6 is 0 Å². The van der Waals surface area contributed by atoms with E-state index in [-0.39, 0.29) is 17.4 Å². The Morgan fingerprint density at radius 3 is 2.62 bits per heavy atom. The molecule has 0 saturated carbocycles. The van der Waals surface area contributed by atoms with Crippen LogP contribution in [-0.2, 0) is 17.6 Å². The Bertz CT molecular complexity index is 475. The van der Waals surface area contributed by atoms with Crippen molar-refractivity contribution in [3.05, 3.63) is 35.4 Å². The summed E-state index contributed by atoms with van der Waals surface area (Å²) in [6, 6.07) is 8.83. The van der Waals surface area contributed by atoms with E-state index in [0.29, 0.717) is 0 Å². The molecule has 1 aromatic rings. The maximum Gasteiger partial charge on any atom is 0.227 e. The highest BCUT2D eigenvalue weighted by Gasteiger charge is 2.39. The van der Waals surface area contributed by atoms with E-state index in [2.05, 4.69) is 41.8 Å². The number of hydrogen-bond donors (Lipinski definition) is 2. The second-order valence-corrected chi connectivity index (χ2v) is 6.66. The molecule has 1 aliphatic heterocycles. The van der Waals surface area contributed by atoms with Gasteiger partial charge in [-0.2, -0.15) is 0 Å². The van der Waals surface area contributed by atoms with Gasteiger partial charge in [0, 0.05) is 12.6 Å². The van der Waals surface area contributed by atoms with Crippen LogP contribution in [-0.4, -0.2) is 25.0 Å². The number of fused-ring (bicyclic) bond motifs is 1. The van der Waals surface area contributed by atoms with Gasteiger partial charge in [0.2, 0.25) is 5.91 Å². The summed E-state index contributed by atoms with van der Waals surface area (Å²) in [6.45, 7) is 4.06. The number of carbonyl (C=O) groups excluding carboxylic acids is 1. The van der Waals surface area contributed by atoms with E-state index in [0.717, 1.165) is 51.6 Å². The Morgan fingerprint density at radius 2 is 2.05 bits per heavy atom. The summed E-state index contributed by atoms with van der Waals surface area (Å²) >= 11 is 0. The summed E-state index contributed by atoms with van der Waals surface area (Å²) in [5.74, 6) is 0.273. The van der Waals surface area contributed by atoms with Crippen molar-refractivity contribution in [3.8, 4) is 0 Å². The van der Waals surface area contributed by atoms with Crippen molar-refractivity contribution >= 4 is 5.91 Å². The lowest BCUT2D eigenvalue weighted by Gasteiger charge is -2.37. The molecule has 1 fully saturated rings. The first-order chi connectivity index (χ1) is 10.2. The molecule has 1 aliphatic carbocycles. The van der Waals surface area contributed by atoms with Gasteiger partial charge in [0.05, 0.1) is 5.41 Å². The van der Waals surface area contributed by atoms with E-state index in [1.807, 2.05) is 0 Å². The fourth-order valence-corrected chi connectivity index (χ4v) is 3.97. The van der Waals surface area contributed by atoms with E-state index in [9.17, 15) is 4.79 Å². The summed E-state index contributed by atoms with van der Waals surface area (Å²) in [7, 11) is 0. The molecule has 1 saturated heterocycles. The molecule has 3 rings (SSSR count). The lowest BCUT2D eigenvalue weighted by atomic mass is 9.76. The first-order valence-electron chi connectivity index (χ1n) is 8.32. The molecule has 0 aromatic heterocycles. The van der Waals surface area contributed by atoms with Gasteiger partial charge in [-0.15, -0.1) is 0 Å². The SMILES string of the molecule is CCCC1(C(=O)NC2Cc3ccccc3C2)CCCNC1. The summed E-state index contributed by atoms with van der Waals surface area (Å²) in [5, 5.41) is 6.76. The summed E-state index contributed by atoms with van der Waals surface area (Å²) in [4.78, 5) is 12.9. The maximum absolute atomic E-state index is 12.9. The largest absolute Gasteiger partial charge is 0.352 e. The van der Waals surface area contributed by atoms with Crippen LogP contribution in [0.4, 0.5) is 0 Å². The van der Waals surface area contributed by atoms with E-state index >= 15 is 0 Å². The van der Waals surface area contributed by atoms with Gasteiger partial charge in [0.15, 0.2) is 0 Å². The molecule has 21 heavy (non-hydrogen) atoms. The predicted molar refractivity (Wildman–Crippen MR) is 85.2 cm³/mol. The summed E-state index contributed by atoms with van der Waals surface area (Å²) in [5.41, 5.74) is 2.62. The highest BCUT2D eigenvalue weighted by Crippen LogP contribution is 2.32. The second kappa shape index (κ2) is 6.18. The fourth-order valence-electron chi connectivity index (χ4n) is 3.97. The van der Waals surface area contributed by atoms with Crippen molar-refractivity contribution < 1.29 is 4.79 Å². The average Bonchev–Trinajstić information content (AvgIpc) is 2.90. The Kier molecular flexibility index (Phi) is 4.29. The van der Waals surface area contributed by atoms with E-state index in [4.69, 9.17) is 0 Å². The minimum Gasteiger partial charge on any atom is -0.352 e. The van der Waals surface area contributed by atoms with Crippen LogP contribution in [0.25, 0.3) is 0 Å². The Labute approximate surface area is 127 Å². The van der Waals surface area contributed by atoms with Gasteiger partial charge in [-0.1, -0.05) is 37.6 Å². The lowest BCUT2D eigenvalue weighted by Crippen LogP contribution is -2.52. The van der Waals surface area contributed by atoms with E-state index in [1.165, 1.54) is 11.1 Å². The third-order valence-corrected chi connectivity index (χ3v) is 5.07.